The van der Waals surface area contributed by atoms with Crippen molar-refractivity contribution in [1.82, 2.24) is 15.2 Å². The lowest BCUT2D eigenvalue weighted by molar-refractivity contribution is -0.145. The van der Waals surface area contributed by atoms with E-state index >= 15 is 0 Å². The van der Waals surface area contributed by atoms with Crippen LogP contribution >= 0.6 is 0 Å². The molecule has 1 aromatic heterocycles. The third-order valence-electron chi connectivity index (χ3n) is 3.95. The molecule has 1 aliphatic heterocycles. The van der Waals surface area contributed by atoms with Crippen molar-refractivity contribution in [2.24, 2.45) is 0 Å². The maximum atomic E-state index is 12.3. The van der Waals surface area contributed by atoms with Crippen LogP contribution in [0.3, 0.4) is 0 Å². The maximum Gasteiger partial charge on any atom is 0.323 e. The fourth-order valence-corrected chi connectivity index (χ4v) is 2.91. The molecule has 0 radical (unpaired) electrons. The first-order valence-electron chi connectivity index (χ1n) is 7.13. The van der Waals surface area contributed by atoms with Gasteiger partial charge in [0.15, 0.2) is 0 Å². The molecule has 0 saturated carbocycles. The molecule has 1 fully saturated rings. The van der Waals surface area contributed by atoms with Gasteiger partial charge in [-0.25, -0.2) is 0 Å². The number of amides is 1. The van der Waals surface area contributed by atoms with Gasteiger partial charge in [0, 0.05) is 18.3 Å². The van der Waals surface area contributed by atoms with Crippen LogP contribution in [0.25, 0.3) is 0 Å². The Bertz CT molecular complexity index is 653. The van der Waals surface area contributed by atoms with Gasteiger partial charge >= 0.3 is 5.97 Å². The second-order valence-corrected chi connectivity index (χ2v) is 5.72. The Morgan fingerprint density at radius 3 is 2.68 bits per heavy atom. The number of carbonyl (C=O) groups excluding carboxylic acids is 2. The lowest BCUT2D eigenvalue weighted by atomic mass is 10.1. The Kier molecular flexibility index (Phi) is 4.65. The van der Waals surface area contributed by atoms with Crippen LogP contribution in [0.4, 0.5) is 0 Å². The second-order valence-electron chi connectivity index (χ2n) is 5.72. The van der Waals surface area contributed by atoms with Crippen molar-refractivity contribution in [2.45, 2.75) is 32.4 Å². The quantitative estimate of drug-likeness (QED) is 0.765. The minimum Gasteiger partial charge on any atom is -0.468 e. The van der Waals surface area contributed by atoms with E-state index in [0.717, 1.165) is 0 Å². The van der Waals surface area contributed by atoms with E-state index in [1.54, 1.807) is 27.0 Å². The van der Waals surface area contributed by atoms with Crippen molar-refractivity contribution >= 4 is 11.9 Å². The molecule has 0 aliphatic carbocycles. The van der Waals surface area contributed by atoms with Crippen molar-refractivity contribution in [1.29, 1.82) is 0 Å². The molecule has 0 aromatic carbocycles. The van der Waals surface area contributed by atoms with Gasteiger partial charge in [-0.1, -0.05) is 0 Å². The average Bonchev–Trinajstić information content (AvgIpc) is 2.77. The van der Waals surface area contributed by atoms with E-state index in [0.29, 0.717) is 24.2 Å². The fraction of sp³-hybridized carbons (Fsp3) is 0.533. The Morgan fingerprint density at radius 1 is 1.41 bits per heavy atom. The summed E-state index contributed by atoms with van der Waals surface area (Å²) in [4.78, 5) is 40.4. The van der Waals surface area contributed by atoms with Crippen molar-refractivity contribution in [3.8, 4) is 0 Å². The summed E-state index contributed by atoms with van der Waals surface area (Å²) in [6.07, 6.45) is 0.470. The van der Waals surface area contributed by atoms with E-state index in [2.05, 4.69) is 10.3 Å². The second kappa shape index (κ2) is 6.31. The molecule has 2 N–H and O–H groups in total. The van der Waals surface area contributed by atoms with Crippen LogP contribution in [0.2, 0.25) is 0 Å². The smallest absolute Gasteiger partial charge is 0.323 e. The molecule has 120 valence electrons. The number of rotatable bonds is 3. The van der Waals surface area contributed by atoms with E-state index < -0.39 is 11.5 Å². The number of aromatic nitrogens is 1. The number of hydrogen-bond donors (Lipinski definition) is 2. The molecule has 2 heterocycles. The number of pyridine rings is 1. The molecule has 1 aliphatic rings. The molecular formula is C15H21N3O4. The number of methoxy groups -OCH3 is 1. The van der Waals surface area contributed by atoms with E-state index in [-0.39, 0.29) is 23.6 Å². The highest BCUT2D eigenvalue weighted by Crippen LogP contribution is 2.17. The number of nitrogens with zero attached hydrogens (tertiary/aromatic N) is 1. The predicted molar refractivity (Wildman–Crippen MR) is 80.8 cm³/mol. The largest absolute Gasteiger partial charge is 0.468 e. The van der Waals surface area contributed by atoms with E-state index in [1.807, 2.05) is 4.90 Å². The van der Waals surface area contributed by atoms with Crippen LogP contribution in [-0.2, 0) is 9.53 Å². The molecule has 0 spiro atoms. The number of likely N-dealkylation sites (tertiary alicyclic amines) is 1. The number of nitrogens with one attached hydrogen (secondary N) is 2. The summed E-state index contributed by atoms with van der Waals surface area (Å²) in [5, 5.41) is 2.83. The third kappa shape index (κ3) is 3.19. The highest BCUT2D eigenvalue weighted by Gasteiger charge is 2.36. The first-order valence-corrected chi connectivity index (χ1v) is 7.13. The summed E-state index contributed by atoms with van der Waals surface area (Å²) in [7, 11) is 3.15. The number of H-pyrrole nitrogens is 1. The van der Waals surface area contributed by atoms with Gasteiger partial charge in [-0.2, -0.15) is 0 Å². The van der Waals surface area contributed by atoms with Gasteiger partial charge in [0.2, 0.25) is 0 Å². The van der Waals surface area contributed by atoms with Gasteiger partial charge in [-0.3, -0.25) is 19.3 Å². The SMILES string of the molecule is COC(=O)[C@@H]1C[C@@H](NC(=O)c2c(C)cc(C)[nH]c2=O)CN1C. The normalized spacial score (nSPS) is 21.6. The zero-order valence-corrected chi connectivity index (χ0v) is 13.2. The molecule has 7 heteroatoms. The highest BCUT2D eigenvalue weighted by atomic mass is 16.5. The lowest BCUT2D eigenvalue weighted by Gasteiger charge is -2.15. The zero-order chi connectivity index (χ0) is 16.4. The number of carbonyl (C=O) groups is 2. The number of aryl methyl sites for hydroxylation is 2. The van der Waals surface area contributed by atoms with Gasteiger partial charge in [0.05, 0.1) is 7.11 Å². The monoisotopic (exact) mass is 307 g/mol. The zero-order valence-electron chi connectivity index (χ0n) is 13.2. The summed E-state index contributed by atoms with van der Waals surface area (Å²) in [5.41, 5.74) is 1.07. The summed E-state index contributed by atoms with van der Waals surface area (Å²) in [6.45, 7) is 4.03. The van der Waals surface area contributed by atoms with Crippen LogP contribution in [0.15, 0.2) is 10.9 Å². The molecular weight excluding hydrogens is 286 g/mol. The Morgan fingerprint density at radius 2 is 2.09 bits per heavy atom. The van der Waals surface area contributed by atoms with Crippen LogP contribution < -0.4 is 10.9 Å². The number of ether oxygens (including phenoxy) is 1. The van der Waals surface area contributed by atoms with Crippen LogP contribution in [0.1, 0.15) is 28.0 Å². The van der Waals surface area contributed by atoms with E-state index in [1.165, 1.54) is 7.11 Å². The van der Waals surface area contributed by atoms with Crippen LogP contribution in [0, 0.1) is 13.8 Å². The van der Waals surface area contributed by atoms with Crippen molar-refractivity contribution in [3.05, 3.63) is 33.2 Å². The Labute approximate surface area is 128 Å². The topological polar surface area (TPSA) is 91.5 Å². The molecule has 1 saturated heterocycles. The molecule has 0 unspecified atom stereocenters. The number of likely N-dealkylation sites (N-methyl/N-ethyl adjacent to an activating group) is 1. The van der Waals surface area contributed by atoms with Crippen LogP contribution in [-0.4, -0.2) is 54.5 Å². The van der Waals surface area contributed by atoms with Gasteiger partial charge in [0.1, 0.15) is 11.6 Å². The van der Waals surface area contributed by atoms with Crippen molar-refractivity contribution in [2.75, 3.05) is 20.7 Å². The fourth-order valence-electron chi connectivity index (χ4n) is 2.91. The number of aromatic amines is 1. The summed E-state index contributed by atoms with van der Waals surface area (Å²) in [5.74, 6) is -0.730. The Balaban J connectivity index is 2.11. The van der Waals surface area contributed by atoms with E-state index in [4.69, 9.17) is 4.74 Å². The number of esters is 1. The molecule has 1 aromatic rings. The maximum absolute atomic E-state index is 12.3. The van der Waals surface area contributed by atoms with Crippen LogP contribution in [0.5, 0.6) is 0 Å². The first-order chi connectivity index (χ1) is 10.3. The third-order valence-corrected chi connectivity index (χ3v) is 3.95. The van der Waals surface area contributed by atoms with Gasteiger partial charge in [-0.05, 0) is 38.9 Å². The highest BCUT2D eigenvalue weighted by molar-refractivity contribution is 5.95. The minimum absolute atomic E-state index is 0.120. The molecule has 2 atom stereocenters. The Hall–Kier alpha value is -2.15. The van der Waals surface area contributed by atoms with Gasteiger partial charge < -0.3 is 15.0 Å². The summed E-state index contributed by atoms with van der Waals surface area (Å²) >= 11 is 0. The summed E-state index contributed by atoms with van der Waals surface area (Å²) in [6, 6.07) is 1.20. The average molecular weight is 307 g/mol. The standard InChI is InChI=1S/C15H21N3O4/c1-8-5-9(2)16-13(19)12(8)14(20)17-10-6-11(15(21)22-4)18(3)7-10/h5,10-11H,6-7H2,1-4H3,(H,16,19)(H,17,20)/t10-,11+/m1/s1. The molecule has 22 heavy (non-hydrogen) atoms. The molecule has 0 bridgehead atoms. The van der Waals surface area contributed by atoms with Crippen molar-refractivity contribution in [3.63, 3.8) is 0 Å². The lowest BCUT2D eigenvalue weighted by Crippen LogP contribution is -2.39. The van der Waals surface area contributed by atoms with Crippen molar-refractivity contribution < 1.29 is 14.3 Å². The van der Waals surface area contributed by atoms with Gasteiger partial charge in [-0.15, -0.1) is 0 Å². The minimum atomic E-state index is -0.414. The summed E-state index contributed by atoms with van der Waals surface area (Å²) < 4.78 is 4.75. The molecule has 1 amide bonds. The molecule has 7 nitrogen and oxygen atoms in total. The predicted octanol–water partition coefficient (Wildman–Crippen LogP) is -0.0328. The van der Waals surface area contributed by atoms with E-state index in [9.17, 15) is 14.4 Å². The molecule has 2 rings (SSSR count). The number of hydrogen-bond acceptors (Lipinski definition) is 5. The van der Waals surface area contributed by atoms with Gasteiger partial charge in [0.25, 0.3) is 11.5 Å². The first kappa shape index (κ1) is 16.2.